The number of nitrogens with one attached hydrogen (secondary N) is 1. The molecule has 6 nitrogen and oxygen atoms in total. The van der Waals surface area contributed by atoms with Crippen molar-refractivity contribution in [1.82, 2.24) is 4.72 Å². The molecule has 0 aromatic carbocycles. The molecule has 0 radical (unpaired) electrons. The van der Waals surface area contributed by atoms with Gasteiger partial charge in [0, 0.05) is 20.1 Å². The molecular formula is C8H17NO5S. The highest BCUT2D eigenvalue weighted by atomic mass is 32.2. The minimum Gasteiger partial charge on any atom is -0.469 e. The van der Waals surface area contributed by atoms with Crippen LogP contribution < -0.4 is 4.72 Å². The average molecular weight is 239 g/mol. The molecule has 0 heterocycles. The van der Waals surface area contributed by atoms with E-state index in [9.17, 15) is 13.2 Å². The third kappa shape index (κ3) is 8.34. The Balaban J connectivity index is 3.70. The van der Waals surface area contributed by atoms with Crippen molar-refractivity contribution in [2.24, 2.45) is 0 Å². The van der Waals surface area contributed by atoms with Crippen LogP contribution in [0.25, 0.3) is 0 Å². The van der Waals surface area contributed by atoms with E-state index in [1.54, 1.807) is 0 Å². The zero-order valence-corrected chi connectivity index (χ0v) is 9.80. The van der Waals surface area contributed by atoms with Gasteiger partial charge in [-0.1, -0.05) is 0 Å². The molecule has 0 fully saturated rings. The topological polar surface area (TPSA) is 81.7 Å². The van der Waals surface area contributed by atoms with Crippen molar-refractivity contribution in [3.05, 3.63) is 0 Å². The van der Waals surface area contributed by atoms with Gasteiger partial charge in [0.15, 0.2) is 0 Å². The highest BCUT2D eigenvalue weighted by Gasteiger charge is 2.10. The number of hydrogen-bond donors (Lipinski definition) is 1. The number of hydrogen-bond acceptors (Lipinski definition) is 5. The van der Waals surface area contributed by atoms with Crippen molar-refractivity contribution in [2.45, 2.75) is 12.8 Å². The van der Waals surface area contributed by atoms with Gasteiger partial charge in [0.2, 0.25) is 10.0 Å². The molecule has 0 spiro atoms. The van der Waals surface area contributed by atoms with Gasteiger partial charge in [0.1, 0.15) is 0 Å². The first-order valence-corrected chi connectivity index (χ1v) is 6.20. The highest BCUT2D eigenvalue weighted by Crippen LogP contribution is 1.96. The number of carbonyl (C=O) groups excluding carboxylic acids is 1. The van der Waals surface area contributed by atoms with E-state index in [2.05, 4.69) is 9.46 Å². The van der Waals surface area contributed by atoms with Gasteiger partial charge in [0.05, 0.1) is 19.5 Å². The summed E-state index contributed by atoms with van der Waals surface area (Å²) in [4.78, 5) is 10.7. The molecule has 0 amide bonds. The second-order valence-electron chi connectivity index (χ2n) is 2.89. The van der Waals surface area contributed by atoms with Gasteiger partial charge in [0.25, 0.3) is 0 Å². The summed E-state index contributed by atoms with van der Waals surface area (Å²) in [7, 11) is -0.532. The van der Waals surface area contributed by atoms with Crippen molar-refractivity contribution in [1.29, 1.82) is 0 Å². The van der Waals surface area contributed by atoms with Gasteiger partial charge in [-0.2, -0.15) is 0 Å². The van der Waals surface area contributed by atoms with E-state index in [-0.39, 0.29) is 25.1 Å². The molecular weight excluding hydrogens is 222 g/mol. The Hall–Kier alpha value is -0.660. The molecule has 15 heavy (non-hydrogen) atoms. The Bertz CT molecular complexity index is 275. The lowest BCUT2D eigenvalue weighted by Crippen LogP contribution is -2.29. The van der Waals surface area contributed by atoms with Crippen LogP contribution in [0.2, 0.25) is 0 Å². The first-order valence-electron chi connectivity index (χ1n) is 4.55. The van der Waals surface area contributed by atoms with Gasteiger partial charge in [-0.25, -0.2) is 13.1 Å². The van der Waals surface area contributed by atoms with E-state index in [0.717, 1.165) is 0 Å². The second kappa shape index (κ2) is 7.61. The Morgan fingerprint density at radius 3 is 2.53 bits per heavy atom. The van der Waals surface area contributed by atoms with E-state index < -0.39 is 16.0 Å². The van der Waals surface area contributed by atoms with Crippen molar-refractivity contribution in [3.8, 4) is 0 Å². The fourth-order valence-corrected chi connectivity index (χ4v) is 1.94. The Morgan fingerprint density at radius 2 is 2.00 bits per heavy atom. The maximum atomic E-state index is 11.3. The monoisotopic (exact) mass is 239 g/mol. The molecule has 0 atom stereocenters. The van der Waals surface area contributed by atoms with Crippen LogP contribution in [0.1, 0.15) is 12.8 Å². The van der Waals surface area contributed by atoms with Gasteiger partial charge in [-0.3, -0.25) is 4.79 Å². The first-order chi connectivity index (χ1) is 7.02. The summed E-state index contributed by atoms with van der Waals surface area (Å²) in [6, 6.07) is 0. The molecule has 1 N–H and O–H groups in total. The zero-order valence-electron chi connectivity index (χ0n) is 8.99. The maximum absolute atomic E-state index is 11.3. The molecule has 0 aliphatic heterocycles. The van der Waals surface area contributed by atoms with Crippen molar-refractivity contribution >= 4 is 16.0 Å². The van der Waals surface area contributed by atoms with Gasteiger partial charge < -0.3 is 9.47 Å². The molecule has 0 unspecified atom stereocenters. The normalized spacial score (nSPS) is 11.3. The third-order valence-corrected chi connectivity index (χ3v) is 3.12. The summed E-state index contributed by atoms with van der Waals surface area (Å²) in [6.07, 6.45) is 0.372. The average Bonchev–Trinajstić information content (AvgIpc) is 2.17. The quantitative estimate of drug-likeness (QED) is 0.456. The summed E-state index contributed by atoms with van der Waals surface area (Å²) < 4.78 is 33.9. The Labute approximate surface area is 90.0 Å². The van der Waals surface area contributed by atoms with E-state index in [1.807, 2.05) is 0 Å². The number of methoxy groups -OCH3 is 2. The van der Waals surface area contributed by atoms with Crippen LogP contribution in [0.5, 0.6) is 0 Å². The smallest absolute Gasteiger partial charge is 0.305 e. The lowest BCUT2D eigenvalue weighted by atomic mass is 10.3. The lowest BCUT2D eigenvalue weighted by Gasteiger charge is -2.05. The Morgan fingerprint density at radius 1 is 1.33 bits per heavy atom. The second-order valence-corrected chi connectivity index (χ2v) is 4.81. The highest BCUT2D eigenvalue weighted by molar-refractivity contribution is 7.89. The molecule has 0 aromatic rings. The summed E-state index contributed by atoms with van der Waals surface area (Å²) in [6.45, 7) is 0.577. The fraction of sp³-hybridized carbons (Fsp3) is 0.875. The third-order valence-electron chi connectivity index (χ3n) is 1.65. The molecule has 0 saturated heterocycles. The van der Waals surface area contributed by atoms with Crippen LogP contribution in [0.4, 0.5) is 0 Å². The Kier molecular flexibility index (Phi) is 7.27. The van der Waals surface area contributed by atoms with Gasteiger partial charge in [-0.15, -0.1) is 0 Å². The predicted octanol–water partition coefficient (Wildman–Crippen LogP) is -0.495. The minimum absolute atomic E-state index is 0.0776. The molecule has 0 bridgehead atoms. The minimum atomic E-state index is -3.30. The maximum Gasteiger partial charge on any atom is 0.305 e. The number of rotatable bonds is 8. The standard InChI is InChI=1S/C8H17NO5S/c1-13-6-5-9-15(11,12)7-3-4-8(10)14-2/h9H,3-7H2,1-2H3. The van der Waals surface area contributed by atoms with Gasteiger partial charge in [-0.05, 0) is 6.42 Å². The van der Waals surface area contributed by atoms with E-state index in [0.29, 0.717) is 6.61 Å². The zero-order chi connectivity index (χ0) is 11.7. The van der Waals surface area contributed by atoms with Crippen LogP contribution in [0, 0.1) is 0 Å². The van der Waals surface area contributed by atoms with Crippen LogP contribution in [-0.2, 0) is 24.3 Å². The van der Waals surface area contributed by atoms with Crippen molar-refractivity contribution in [2.75, 3.05) is 33.1 Å². The van der Waals surface area contributed by atoms with Crippen LogP contribution in [-0.4, -0.2) is 47.5 Å². The fourth-order valence-electron chi connectivity index (χ4n) is 0.880. The molecule has 90 valence electrons. The van der Waals surface area contributed by atoms with Crippen LogP contribution in [0.15, 0.2) is 0 Å². The number of sulfonamides is 1. The molecule has 0 aliphatic rings. The van der Waals surface area contributed by atoms with Crippen LogP contribution >= 0.6 is 0 Å². The predicted molar refractivity (Wildman–Crippen MR) is 54.9 cm³/mol. The van der Waals surface area contributed by atoms with E-state index in [4.69, 9.17) is 4.74 Å². The molecule has 0 aliphatic carbocycles. The summed E-state index contributed by atoms with van der Waals surface area (Å²) in [5.74, 6) is -0.478. The van der Waals surface area contributed by atoms with Crippen molar-refractivity contribution < 1.29 is 22.7 Å². The number of ether oxygens (including phenoxy) is 2. The molecule has 0 aromatic heterocycles. The molecule has 0 saturated carbocycles. The molecule has 0 rings (SSSR count). The summed E-state index contributed by atoms with van der Waals surface area (Å²) >= 11 is 0. The van der Waals surface area contributed by atoms with E-state index in [1.165, 1.54) is 14.2 Å². The summed E-state index contributed by atoms with van der Waals surface area (Å²) in [5, 5.41) is 0. The van der Waals surface area contributed by atoms with Crippen molar-refractivity contribution in [3.63, 3.8) is 0 Å². The first kappa shape index (κ1) is 14.3. The molecule has 7 heteroatoms. The van der Waals surface area contributed by atoms with Gasteiger partial charge >= 0.3 is 5.97 Å². The number of carbonyl (C=O) groups is 1. The summed E-state index contributed by atoms with van der Waals surface area (Å²) in [5.41, 5.74) is 0. The SMILES string of the molecule is COCCNS(=O)(=O)CCCC(=O)OC. The number of esters is 1. The largest absolute Gasteiger partial charge is 0.469 e. The lowest BCUT2D eigenvalue weighted by molar-refractivity contribution is -0.140. The van der Waals surface area contributed by atoms with Crippen LogP contribution in [0.3, 0.4) is 0 Å². The van der Waals surface area contributed by atoms with E-state index >= 15 is 0 Å².